The van der Waals surface area contributed by atoms with Crippen molar-refractivity contribution in [2.45, 2.75) is 38.2 Å². The Balaban J connectivity index is 1.77. The number of alkyl halides is 6. The van der Waals surface area contributed by atoms with Crippen molar-refractivity contribution in [1.82, 2.24) is 9.36 Å². The second-order valence-electron chi connectivity index (χ2n) is 7.08. The van der Waals surface area contributed by atoms with E-state index in [4.69, 9.17) is 4.42 Å². The molecule has 0 fully saturated rings. The third kappa shape index (κ3) is 5.10. The molecule has 0 aliphatic carbocycles. The predicted octanol–water partition coefficient (Wildman–Crippen LogP) is 5.23. The van der Waals surface area contributed by atoms with E-state index in [1.54, 1.807) is 0 Å². The molecule has 1 aromatic carbocycles. The van der Waals surface area contributed by atoms with E-state index in [1.807, 2.05) is 0 Å². The molecule has 0 aliphatic rings. The van der Waals surface area contributed by atoms with Crippen LogP contribution in [0.4, 0.5) is 31.5 Å². The molecule has 2 N–H and O–H groups in total. The monoisotopic (exact) mass is 479 g/mol. The zero-order chi connectivity index (χ0) is 23.9. The maximum Gasteiger partial charge on any atom is 0.417 e. The van der Waals surface area contributed by atoms with Crippen molar-refractivity contribution in [3.63, 3.8) is 0 Å². The van der Waals surface area contributed by atoms with Crippen LogP contribution in [0, 0.1) is 6.92 Å². The molecule has 0 saturated carbocycles. The van der Waals surface area contributed by atoms with Gasteiger partial charge in [0.15, 0.2) is 5.60 Å². The van der Waals surface area contributed by atoms with E-state index >= 15 is 0 Å². The highest BCUT2D eigenvalue weighted by atomic mass is 32.1. The third-order valence-corrected chi connectivity index (χ3v) is 5.11. The first-order valence-electron chi connectivity index (χ1n) is 8.88. The van der Waals surface area contributed by atoms with Crippen molar-refractivity contribution < 1.29 is 40.7 Å². The first kappa shape index (κ1) is 23.7. The summed E-state index contributed by atoms with van der Waals surface area (Å²) in [6.45, 7) is 2.01. The van der Waals surface area contributed by atoms with E-state index in [1.165, 1.54) is 25.1 Å². The molecule has 32 heavy (non-hydrogen) atoms. The minimum absolute atomic E-state index is 0.00329. The summed E-state index contributed by atoms with van der Waals surface area (Å²) < 4.78 is 86.3. The molecule has 2 aromatic heterocycles. The van der Waals surface area contributed by atoms with Crippen molar-refractivity contribution in [1.29, 1.82) is 0 Å². The van der Waals surface area contributed by atoms with Gasteiger partial charge in [0.1, 0.15) is 17.3 Å². The predicted molar refractivity (Wildman–Crippen MR) is 102 cm³/mol. The van der Waals surface area contributed by atoms with Crippen LogP contribution in [0.25, 0.3) is 11.3 Å². The Bertz CT molecular complexity index is 1130. The number of nitrogens with zero attached hydrogens (tertiary/aromatic N) is 2. The van der Waals surface area contributed by atoms with Gasteiger partial charge in [-0.25, -0.2) is 4.98 Å². The van der Waals surface area contributed by atoms with Crippen LogP contribution in [0.3, 0.4) is 0 Å². The number of rotatable bonds is 5. The highest BCUT2D eigenvalue weighted by molar-refractivity contribution is 7.09. The van der Waals surface area contributed by atoms with Gasteiger partial charge in [0, 0.05) is 23.5 Å². The number of carbonyl (C=O) groups excluding carboxylic acids is 1. The molecule has 1 unspecified atom stereocenters. The average molecular weight is 479 g/mol. The Kier molecular flexibility index (Phi) is 6.08. The normalized spacial score (nSPS) is 14.3. The third-order valence-electron chi connectivity index (χ3n) is 4.44. The first-order valence-corrected chi connectivity index (χ1v) is 9.66. The number of benzene rings is 1. The maximum absolute atomic E-state index is 12.9. The van der Waals surface area contributed by atoms with E-state index in [0.717, 1.165) is 12.1 Å². The fourth-order valence-electron chi connectivity index (χ4n) is 2.65. The molecule has 0 radical (unpaired) electrons. The lowest BCUT2D eigenvalue weighted by atomic mass is 10.0. The highest BCUT2D eigenvalue weighted by Crippen LogP contribution is 2.34. The standard InChI is InChI=1S/C19H15F6N3O3S/c1-9-12(7-13(31-9)10-4-3-5-11(6-10)18(20,21)22)15(29)27-16-26-14(28-32-16)8-17(2,30)19(23,24)25/h3-7,30H,8H2,1-2H3,(H,26,27,28,29). The van der Waals surface area contributed by atoms with Crippen molar-refractivity contribution in [3.8, 4) is 11.3 Å². The number of amides is 1. The number of aliphatic hydroxyl groups is 1. The molecular formula is C19H15F6N3O3S. The fourth-order valence-corrected chi connectivity index (χ4v) is 3.23. The van der Waals surface area contributed by atoms with Gasteiger partial charge < -0.3 is 9.52 Å². The van der Waals surface area contributed by atoms with Crippen LogP contribution >= 0.6 is 11.5 Å². The van der Waals surface area contributed by atoms with E-state index in [0.29, 0.717) is 18.5 Å². The lowest BCUT2D eigenvalue weighted by molar-refractivity contribution is -0.252. The maximum atomic E-state index is 12.9. The molecule has 0 spiro atoms. The minimum Gasteiger partial charge on any atom is -0.461 e. The number of furan rings is 1. The van der Waals surface area contributed by atoms with Crippen molar-refractivity contribution in [2.75, 3.05) is 5.32 Å². The van der Waals surface area contributed by atoms with Gasteiger partial charge in [-0.3, -0.25) is 10.1 Å². The zero-order valence-electron chi connectivity index (χ0n) is 16.4. The molecule has 1 atom stereocenters. The molecule has 0 bridgehead atoms. The SMILES string of the molecule is Cc1oc(-c2cccc(C(F)(F)F)c2)cc1C(=O)Nc1nc(CC(C)(O)C(F)(F)F)ns1. The molecule has 2 heterocycles. The van der Waals surface area contributed by atoms with E-state index in [9.17, 15) is 36.2 Å². The summed E-state index contributed by atoms with van der Waals surface area (Å²) in [5.74, 6) is -0.923. The second-order valence-corrected chi connectivity index (χ2v) is 7.83. The zero-order valence-corrected chi connectivity index (χ0v) is 17.2. The molecule has 3 rings (SSSR count). The number of aryl methyl sites for hydroxylation is 1. The van der Waals surface area contributed by atoms with Gasteiger partial charge in [-0.15, -0.1) is 0 Å². The van der Waals surface area contributed by atoms with Crippen LogP contribution in [-0.4, -0.2) is 32.1 Å². The van der Waals surface area contributed by atoms with Gasteiger partial charge >= 0.3 is 12.4 Å². The largest absolute Gasteiger partial charge is 0.461 e. The van der Waals surface area contributed by atoms with Gasteiger partial charge in [-0.05, 0) is 32.0 Å². The molecule has 3 aromatic rings. The summed E-state index contributed by atoms with van der Waals surface area (Å²) in [5, 5.41) is 11.7. The van der Waals surface area contributed by atoms with Crippen LogP contribution in [0.1, 0.15) is 34.4 Å². The Hall–Kier alpha value is -2.93. The molecule has 0 aliphatic heterocycles. The average Bonchev–Trinajstić information content (AvgIpc) is 3.26. The van der Waals surface area contributed by atoms with Crippen LogP contribution < -0.4 is 5.32 Å². The molecular weight excluding hydrogens is 464 g/mol. The van der Waals surface area contributed by atoms with Gasteiger partial charge in [-0.2, -0.15) is 30.7 Å². The molecule has 0 saturated heterocycles. The van der Waals surface area contributed by atoms with E-state index < -0.39 is 35.8 Å². The van der Waals surface area contributed by atoms with Gasteiger partial charge in [0.2, 0.25) is 5.13 Å². The summed E-state index contributed by atoms with van der Waals surface area (Å²) in [6, 6.07) is 5.61. The lowest BCUT2D eigenvalue weighted by Gasteiger charge is -2.24. The van der Waals surface area contributed by atoms with Gasteiger partial charge in [0.05, 0.1) is 11.1 Å². The van der Waals surface area contributed by atoms with Crippen molar-refractivity contribution >= 4 is 22.6 Å². The summed E-state index contributed by atoms with van der Waals surface area (Å²) in [4.78, 5) is 16.3. The Morgan fingerprint density at radius 3 is 2.50 bits per heavy atom. The number of nitrogens with one attached hydrogen (secondary N) is 1. The Morgan fingerprint density at radius 1 is 1.19 bits per heavy atom. The van der Waals surface area contributed by atoms with Crippen LogP contribution in [-0.2, 0) is 12.6 Å². The number of hydrogen-bond donors (Lipinski definition) is 2. The van der Waals surface area contributed by atoms with Crippen LogP contribution in [0.5, 0.6) is 0 Å². The highest BCUT2D eigenvalue weighted by Gasteiger charge is 2.50. The Morgan fingerprint density at radius 2 is 1.88 bits per heavy atom. The van der Waals surface area contributed by atoms with Crippen molar-refractivity contribution in [2.24, 2.45) is 0 Å². The number of carbonyl (C=O) groups is 1. The van der Waals surface area contributed by atoms with Crippen LogP contribution in [0.2, 0.25) is 0 Å². The summed E-state index contributed by atoms with van der Waals surface area (Å²) >= 11 is 0.610. The van der Waals surface area contributed by atoms with E-state index in [-0.39, 0.29) is 33.6 Å². The molecule has 6 nitrogen and oxygen atoms in total. The topological polar surface area (TPSA) is 88.2 Å². The molecule has 1 amide bonds. The van der Waals surface area contributed by atoms with E-state index in [2.05, 4.69) is 14.7 Å². The summed E-state index contributed by atoms with van der Waals surface area (Å²) in [5.41, 5.74) is -3.83. The van der Waals surface area contributed by atoms with Crippen molar-refractivity contribution in [3.05, 3.63) is 53.0 Å². The van der Waals surface area contributed by atoms with Crippen LogP contribution in [0.15, 0.2) is 34.7 Å². The first-order chi connectivity index (χ1) is 14.7. The number of aromatic nitrogens is 2. The minimum atomic E-state index is -4.89. The number of hydrogen-bond acceptors (Lipinski definition) is 6. The molecule has 172 valence electrons. The Labute approximate surface area is 181 Å². The lowest BCUT2D eigenvalue weighted by Crippen LogP contribution is -2.44. The van der Waals surface area contributed by atoms with Gasteiger partial charge in [0.25, 0.3) is 5.91 Å². The number of anilines is 1. The molecule has 13 heteroatoms. The van der Waals surface area contributed by atoms with Gasteiger partial charge in [-0.1, -0.05) is 12.1 Å². The smallest absolute Gasteiger partial charge is 0.417 e. The fraction of sp³-hybridized carbons (Fsp3) is 0.316. The summed E-state index contributed by atoms with van der Waals surface area (Å²) in [7, 11) is 0. The second kappa shape index (κ2) is 8.20. The quantitative estimate of drug-likeness (QED) is 0.489. The number of halogens is 6. The summed E-state index contributed by atoms with van der Waals surface area (Å²) in [6.07, 6.45) is -10.4.